The number of hydrogen-bond acceptors (Lipinski definition) is 2. The molecule has 2 heteroatoms. The van der Waals surface area contributed by atoms with Crippen molar-refractivity contribution in [2.45, 2.75) is 51.9 Å². The molecule has 0 aliphatic heterocycles. The lowest BCUT2D eigenvalue weighted by atomic mass is 10.1. The highest BCUT2D eigenvalue weighted by Crippen LogP contribution is 2.20. The summed E-state index contributed by atoms with van der Waals surface area (Å²) in [7, 11) is 0. The van der Waals surface area contributed by atoms with Crippen molar-refractivity contribution < 1.29 is 0 Å². The first kappa shape index (κ1) is 14.8. The third-order valence-electron chi connectivity index (χ3n) is 3.73. The van der Waals surface area contributed by atoms with Gasteiger partial charge in [0.25, 0.3) is 0 Å². The normalized spacial score (nSPS) is 10.8. The fraction of sp³-hybridized carbons (Fsp3) is 0.500. The standard InChI is InChI=1S/C18H26N2/c1-2-3-4-5-6-7-8-14-19-17-13-9-11-16-12-10-15-20-18(16)17/h9-13,15,19H,2-8,14H2,1H3. The van der Waals surface area contributed by atoms with Crippen molar-refractivity contribution >= 4 is 16.6 Å². The highest BCUT2D eigenvalue weighted by molar-refractivity contribution is 5.90. The second-order valence-electron chi connectivity index (χ2n) is 5.43. The highest BCUT2D eigenvalue weighted by Gasteiger charge is 2.00. The minimum absolute atomic E-state index is 1.05. The van der Waals surface area contributed by atoms with E-state index in [-0.39, 0.29) is 0 Å². The molecule has 1 heterocycles. The van der Waals surface area contributed by atoms with E-state index in [0.29, 0.717) is 0 Å². The van der Waals surface area contributed by atoms with E-state index in [1.807, 2.05) is 12.3 Å². The van der Waals surface area contributed by atoms with Gasteiger partial charge in [-0.1, -0.05) is 63.6 Å². The molecule has 0 bridgehead atoms. The van der Waals surface area contributed by atoms with Crippen LogP contribution in [0.4, 0.5) is 5.69 Å². The molecule has 1 N–H and O–H groups in total. The zero-order valence-electron chi connectivity index (χ0n) is 12.6. The molecule has 0 amide bonds. The number of fused-ring (bicyclic) bond motifs is 1. The molecule has 2 nitrogen and oxygen atoms in total. The number of hydrogen-bond donors (Lipinski definition) is 1. The van der Waals surface area contributed by atoms with Crippen LogP contribution in [0.5, 0.6) is 0 Å². The van der Waals surface area contributed by atoms with Gasteiger partial charge >= 0.3 is 0 Å². The minimum atomic E-state index is 1.05. The zero-order chi connectivity index (χ0) is 14.0. The molecular weight excluding hydrogens is 244 g/mol. The van der Waals surface area contributed by atoms with Gasteiger partial charge in [-0.15, -0.1) is 0 Å². The SMILES string of the molecule is CCCCCCCCCNc1cccc2cccnc12. The Hall–Kier alpha value is -1.57. The van der Waals surface area contributed by atoms with Gasteiger partial charge in [0.15, 0.2) is 0 Å². The summed E-state index contributed by atoms with van der Waals surface area (Å²) >= 11 is 0. The van der Waals surface area contributed by atoms with E-state index >= 15 is 0 Å². The average Bonchev–Trinajstić information content (AvgIpc) is 2.50. The lowest BCUT2D eigenvalue weighted by Gasteiger charge is -2.08. The fourth-order valence-electron chi connectivity index (χ4n) is 2.55. The van der Waals surface area contributed by atoms with E-state index in [9.17, 15) is 0 Å². The number of aromatic nitrogens is 1. The number of rotatable bonds is 9. The predicted octanol–water partition coefficient (Wildman–Crippen LogP) is 5.40. The van der Waals surface area contributed by atoms with Crippen molar-refractivity contribution in [2.75, 3.05) is 11.9 Å². The molecule has 0 atom stereocenters. The number of benzene rings is 1. The Labute approximate surface area is 122 Å². The molecule has 108 valence electrons. The van der Waals surface area contributed by atoms with E-state index in [0.717, 1.165) is 17.7 Å². The van der Waals surface area contributed by atoms with Crippen LogP contribution >= 0.6 is 0 Å². The molecule has 0 unspecified atom stereocenters. The Morgan fingerprint density at radius 2 is 1.65 bits per heavy atom. The minimum Gasteiger partial charge on any atom is -0.383 e. The number of unbranched alkanes of at least 4 members (excludes halogenated alkanes) is 6. The quantitative estimate of drug-likeness (QED) is 0.617. The number of pyridine rings is 1. The summed E-state index contributed by atoms with van der Waals surface area (Å²) in [6.07, 6.45) is 11.3. The van der Waals surface area contributed by atoms with Gasteiger partial charge in [0.1, 0.15) is 0 Å². The molecule has 0 saturated heterocycles. The average molecular weight is 270 g/mol. The monoisotopic (exact) mass is 270 g/mol. The number of para-hydroxylation sites is 1. The Balaban J connectivity index is 1.71. The first-order valence-corrected chi connectivity index (χ1v) is 7.99. The Morgan fingerprint density at radius 1 is 0.900 bits per heavy atom. The van der Waals surface area contributed by atoms with Crippen molar-refractivity contribution in [3.63, 3.8) is 0 Å². The van der Waals surface area contributed by atoms with Crippen LogP contribution in [0.3, 0.4) is 0 Å². The second-order valence-corrected chi connectivity index (χ2v) is 5.43. The van der Waals surface area contributed by atoms with Crippen LogP contribution in [0.25, 0.3) is 10.9 Å². The Bertz CT molecular complexity index is 502. The summed E-state index contributed by atoms with van der Waals surface area (Å²) in [5.41, 5.74) is 2.24. The van der Waals surface area contributed by atoms with E-state index in [1.54, 1.807) is 0 Å². The molecule has 2 aromatic rings. The van der Waals surface area contributed by atoms with Gasteiger partial charge in [-0.2, -0.15) is 0 Å². The summed E-state index contributed by atoms with van der Waals surface area (Å²) < 4.78 is 0. The maximum Gasteiger partial charge on any atom is 0.0933 e. The first-order chi connectivity index (χ1) is 9.92. The lowest BCUT2D eigenvalue weighted by Crippen LogP contribution is -2.02. The van der Waals surface area contributed by atoms with Gasteiger partial charge < -0.3 is 5.32 Å². The summed E-state index contributed by atoms with van der Waals surface area (Å²) in [5.74, 6) is 0. The van der Waals surface area contributed by atoms with Gasteiger partial charge in [0.2, 0.25) is 0 Å². The van der Waals surface area contributed by atoms with Crippen molar-refractivity contribution in [1.82, 2.24) is 4.98 Å². The molecule has 0 aliphatic carbocycles. The molecular formula is C18H26N2. The van der Waals surface area contributed by atoms with Crippen LogP contribution < -0.4 is 5.32 Å². The highest BCUT2D eigenvalue weighted by atomic mass is 14.9. The third kappa shape index (κ3) is 4.52. The molecule has 0 spiro atoms. The molecule has 2 rings (SSSR count). The molecule has 0 radical (unpaired) electrons. The molecule has 0 aliphatic rings. The van der Waals surface area contributed by atoms with Crippen LogP contribution in [-0.4, -0.2) is 11.5 Å². The Kier molecular flexibility index (Phi) is 6.36. The smallest absolute Gasteiger partial charge is 0.0933 e. The van der Waals surface area contributed by atoms with Gasteiger partial charge in [0, 0.05) is 18.1 Å². The van der Waals surface area contributed by atoms with E-state index in [1.165, 1.54) is 50.3 Å². The maximum absolute atomic E-state index is 4.47. The summed E-state index contributed by atoms with van der Waals surface area (Å²) in [6.45, 7) is 3.31. The van der Waals surface area contributed by atoms with Crippen LogP contribution in [0.2, 0.25) is 0 Å². The van der Waals surface area contributed by atoms with Gasteiger partial charge in [0.05, 0.1) is 11.2 Å². The van der Waals surface area contributed by atoms with E-state index < -0.39 is 0 Å². The Morgan fingerprint density at radius 3 is 2.50 bits per heavy atom. The molecule has 0 fully saturated rings. The van der Waals surface area contributed by atoms with Gasteiger partial charge in [-0.05, 0) is 18.6 Å². The van der Waals surface area contributed by atoms with Crippen LogP contribution in [-0.2, 0) is 0 Å². The van der Waals surface area contributed by atoms with Crippen molar-refractivity contribution in [1.29, 1.82) is 0 Å². The van der Waals surface area contributed by atoms with Crippen LogP contribution in [0.15, 0.2) is 36.5 Å². The topological polar surface area (TPSA) is 24.9 Å². The summed E-state index contributed by atoms with van der Waals surface area (Å²) in [6, 6.07) is 10.4. The number of anilines is 1. The van der Waals surface area contributed by atoms with Gasteiger partial charge in [-0.25, -0.2) is 0 Å². The van der Waals surface area contributed by atoms with Gasteiger partial charge in [-0.3, -0.25) is 4.98 Å². The second kappa shape index (κ2) is 8.57. The fourth-order valence-corrected chi connectivity index (χ4v) is 2.55. The van der Waals surface area contributed by atoms with E-state index in [4.69, 9.17) is 0 Å². The number of nitrogens with zero attached hydrogens (tertiary/aromatic N) is 1. The first-order valence-electron chi connectivity index (χ1n) is 7.99. The largest absolute Gasteiger partial charge is 0.383 e. The maximum atomic E-state index is 4.47. The van der Waals surface area contributed by atoms with Crippen molar-refractivity contribution in [3.8, 4) is 0 Å². The molecule has 20 heavy (non-hydrogen) atoms. The summed E-state index contributed by atoms with van der Waals surface area (Å²) in [4.78, 5) is 4.47. The molecule has 1 aromatic carbocycles. The third-order valence-corrected chi connectivity index (χ3v) is 3.73. The predicted molar refractivity (Wildman–Crippen MR) is 88.2 cm³/mol. The van der Waals surface area contributed by atoms with Crippen molar-refractivity contribution in [3.05, 3.63) is 36.5 Å². The summed E-state index contributed by atoms with van der Waals surface area (Å²) in [5, 5.41) is 4.73. The van der Waals surface area contributed by atoms with Crippen LogP contribution in [0, 0.1) is 0 Å². The van der Waals surface area contributed by atoms with E-state index in [2.05, 4.69) is 41.5 Å². The van der Waals surface area contributed by atoms with Crippen LogP contribution in [0.1, 0.15) is 51.9 Å². The lowest BCUT2D eigenvalue weighted by molar-refractivity contribution is 0.596. The molecule has 1 aromatic heterocycles. The van der Waals surface area contributed by atoms with Crippen molar-refractivity contribution in [2.24, 2.45) is 0 Å². The number of nitrogens with one attached hydrogen (secondary N) is 1. The zero-order valence-corrected chi connectivity index (χ0v) is 12.6. The molecule has 0 saturated carbocycles.